The number of anilines is 3. The Kier molecular flexibility index (Phi) is 7.46. The minimum absolute atomic E-state index is 0.131. The molecule has 6 rings (SSSR count). The molecular weight excluding hydrogens is 526 g/mol. The molecule has 2 aliphatic heterocycles. The van der Waals surface area contributed by atoms with E-state index in [1.807, 2.05) is 23.1 Å². The van der Waals surface area contributed by atoms with Crippen LogP contribution >= 0.6 is 0 Å². The van der Waals surface area contributed by atoms with E-state index >= 15 is 0 Å². The van der Waals surface area contributed by atoms with Crippen LogP contribution in [0.5, 0.6) is 0 Å². The molecule has 2 saturated heterocycles. The van der Waals surface area contributed by atoms with E-state index in [1.54, 1.807) is 4.90 Å². The Morgan fingerprint density at radius 2 is 1.85 bits per heavy atom. The molecule has 2 aliphatic rings. The highest BCUT2D eigenvalue weighted by molar-refractivity contribution is 5.90. The second-order valence-electron chi connectivity index (χ2n) is 10.2. The Balaban J connectivity index is 1.14. The molecule has 5 heterocycles. The van der Waals surface area contributed by atoms with Gasteiger partial charge < -0.3 is 15.1 Å². The molecule has 0 radical (unpaired) electrons. The van der Waals surface area contributed by atoms with Gasteiger partial charge in [0.05, 0.1) is 12.3 Å². The van der Waals surface area contributed by atoms with Gasteiger partial charge in [-0.25, -0.2) is 10.1 Å². The first kappa shape index (κ1) is 26.3. The Bertz CT molecular complexity index is 1600. The summed E-state index contributed by atoms with van der Waals surface area (Å²) in [6, 6.07) is 10.0. The van der Waals surface area contributed by atoms with E-state index in [2.05, 4.69) is 58.2 Å². The number of carbonyl (C=O) groups is 1. The van der Waals surface area contributed by atoms with Crippen molar-refractivity contribution < 1.29 is 4.79 Å². The number of fused-ring (bicyclic) bond motifs is 1. The highest BCUT2D eigenvalue weighted by Gasteiger charge is 2.25. The van der Waals surface area contributed by atoms with Gasteiger partial charge in [-0.15, -0.1) is 10.2 Å². The fourth-order valence-electron chi connectivity index (χ4n) is 5.34. The van der Waals surface area contributed by atoms with Gasteiger partial charge in [-0.2, -0.15) is 20.6 Å². The molecule has 3 aromatic heterocycles. The van der Waals surface area contributed by atoms with Crippen molar-refractivity contribution in [2.75, 3.05) is 49.5 Å². The van der Waals surface area contributed by atoms with Gasteiger partial charge in [0.2, 0.25) is 11.9 Å². The summed E-state index contributed by atoms with van der Waals surface area (Å²) in [6.45, 7) is 4.73. The highest BCUT2D eigenvalue weighted by atomic mass is 16.2. The average molecular weight is 556 g/mol. The van der Waals surface area contributed by atoms with Gasteiger partial charge in [0.15, 0.2) is 5.82 Å². The minimum atomic E-state index is -0.385. The summed E-state index contributed by atoms with van der Waals surface area (Å²) in [5.74, 6) is 1.79. The van der Waals surface area contributed by atoms with E-state index < -0.39 is 0 Å². The van der Waals surface area contributed by atoms with Crippen molar-refractivity contribution >= 4 is 34.3 Å². The van der Waals surface area contributed by atoms with Gasteiger partial charge in [0.1, 0.15) is 23.1 Å². The molecule has 41 heavy (non-hydrogen) atoms. The van der Waals surface area contributed by atoms with E-state index in [9.17, 15) is 9.59 Å². The maximum Gasteiger partial charge on any atom is 0.277 e. The van der Waals surface area contributed by atoms with Crippen LogP contribution < -0.4 is 15.8 Å². The Labute approximate surface area is 234 Å². The SMILES string of the molecule is N#CCC(=O)N1CCN(c2nc(Nc3ccc(CN4CCC(c5nn[nH]n5)CC4)cc3)c3c(=O)[nH]ncc3n2)CC1. The number of piperidine rings is 1. The van der Waals surface area contributed by atoms with Crippen molar-refractivity contribution in [3.63, 3.8) is 0 Å². The first-order valence-electron chi connectivity index (χ1n) is 13.5. The number of aromatic amines is 2. The number of benzene rings is 1. The largest absolute Gasteiger partial charge is 0.339 e. The molecule has 15 heteroatoms. The van der Waals surface area contributed by atoms with Crippen LogP contribution in [-0.2, 0) is 11.3 Å². The number of H-pyrrole nitrogens is 2. The van der Waals surface area contributed by atoms with Crippen molar-refractivity contribution in [1.29, 1.82) is 5.26 Å². The number of nitriles is 1. The van der Waals surface area contributed by atoms with Crippen molar-refractivity contribution in [2.45, 2.75) is 31.7 Å². The molecule has 0 unspecified atom stereocenters. The lowest BCUT2D eigenvalue weighted by atomic mass is 9.96. The fraction of sp³-hybridized carbons (Fsp3) is 0.423. The highest BCUT2D eigenvalue weighted by Crippen LogP contribution is 2.27. The third-order valence-corrected chi connectivity index (χ3v) is 7.59. The summed E-state index contributed by atoms with van der Waals surface area (Å²) in [5.41, 5.74) is 2.01. The van der Waals surface area contributed by atoms with E-state index in [4.69, 9.17) is 10.2 Å². The van der Waals surface area contributed by atoms with E-state index in [1.165, 1.54) is 11.8 Å². The van der Waals surface area contributed by atoms with Gasteiger partial charge in [-0.05, 0) is 43.6 Å². The number of likely N-dealkylation sites (tertiary alicyclic amines) is 1. The number of nitrogens with zero attached hydrogens (tertiary/aromatic N) is 10. The van der Waals surface area contributed by atoms with Crippen LogP contribution in [0.2, 0.25) is 0 Å². The lowest BCUT2D eigenvalue weighted by molar-refractivity contribution is -0.130. The van der Waals surface area contributed by atoms with Crippen molar-refractivity contribution in [3.05, 3.63) is 52.2 Å². The third kappa shape index (κ3) is 5.82. The third-order valence-electron chi connectivity index (χ3n) is 7.59. The number of amides is 1. The molecule has 0 spiro atoms. The predicted octanol–water partition coefficient (Wildman–Crippen LogP) is 0.912. The van der Waals surface area contributed by atoms with Gasteiger partial charge in [0, 0.05) is 44.3 Å². The van der Waals surface area contributed by atoms with Gasteiger partial charge in [0.25, 0.3) is 5.56 Å². The monoisotopic (exact) mass is 555 g/mol. The Hall–Kier alpha value is -4.97. The van der Waals surface area contributed by atoms with Crippen LogP contribution in [0.4, 0.5) is 17.5 Å². The second-order valence-corrected chi connectivity index (χ2v) is 10.2. The first-order chi connectivity index (χ1) is 20.1. The quantitative estimate of drug-likeness (QED) is 0.293. The summed E-state index contributed by atoms with van der Waals surface area (Å²) < 4.78 is 0. The molecule has 1 aromatic carbocycles. The molecule has 0 saturated carbocycles. The van der Waals surface area contributed by atoms with Crippen molar-refractivity contribution in [1.82, 2.24) is 50.6 Å². The number of aromatic nitrogens is 8. The number of hydrogen-bond acceptors (Lipinski definition) is 12. The second kappa shape index (κ2) is 11.6. The summed E-state index contributed by atoms with van der Waals surface area (Å²) in [4.78, 5) is 40.1. The zero-order valence-electron chi connectivity index (χ0n) is 22.3. The van der Waals surface area contributed by atoms with Gasteiger partial charge in [-0.1, -0.05) is 17.3 Å². The van der Waals surface area contributed by atoms with Gasteiger partial charge in [-0.3, -0.25) is 14.5 Å². The van der Waals surface area contributed by atoms with E-state index in [0.29, 0.717) is 54.8 Å². The van der Waals surface area contributed by atoms with Crippen molar-refractivity contribution in [3.8, 4) is 6.07 Å². The standard InChI is InChI=1S/C26H29N13O2/c27-8-5-21(40)38-11-13-39(14-12-38)26-30-20-15-28-34-25(41)22(20)24(31-26)29-19-3-1-17(2-4-19)16-37-9-6-18(7-10-37)23-32-35-36-33-23/h1-4,15,18H,5-7,9-14,16H2,(H,34,41)(H,29,30,31)(H,32,33,35,36). The predicted molar refractivity (Wildman–Crippen MR) is 148 cm³/mol. The van der Waals surface area contributed by atoms with Crippen LogP contribution in [-0.4, -0.2) is 95.8 Å². The van der Waals surface area contributed by atoms with E-state index in [-0.39, 0.29) is 17.9 Å². The lowest BCUT2D eigenvalue weighted by Crippen LogP contribution is -2.49. The number of rotatable bonds is 7. The molecule has 210 valence electrons. The summed E-state index contributed by atoms with van der Waals surface area (Å²) in [7, 11) is 0. The number of piperazine rings is 1. The maximum atomic E-state index is 12.7. The molecule has 3 N–H and O–H groups in total. The molecule has 0 aliphatic carbocycles. The Morgan fingerprint density at radius 3 is 2.56 bits per heavy atom. The molecular formula is C26H29N13O2. The van der Waals surface area contributed by atoms with E-state index in [0.717, 1.165) is 44.0 Å². The van der Waals surface area contributed by atoms with Crippen LogP contribution in [0.15, 0.2) is 35.3 Å². The Morgan fingerprint density at radius 1 is 1.07 bits per heavy atom. The summed E-state index contributed by atoms with van der Waals surface area (Å²) in [5, 5.41) is 33.3. The maximum absolute atomic E-state index is 12.7. The molecule has 2 fully saturated rings. The van der Waals surface area contributed by atoms with Crippen molar-refractivity contribution in [2.24, 2.45) is 0 Å². The molecule has 1 amide bonds. The first-order valence-corrected chi connectivity index (χ1v) is 13.5. The lowest BCUT2D eigenvalue weighted by Gasteiger charge is -2.34. The van der Waals surface area contributed by atoms with Crippen LogP contribution in [0.3, 0.4) is 0 Å². The zero-order chi connectivity index (χ0) is 28.2. The number of hydrogen-bond donors (Lipinski definition) is 3. The van der Waals surface area contributed by atoms with Crippen LogP contribution in [0, 0.1) is 11.3 Å². The molecule has 0 bridgehead atoms. The average Bonchev–Trinajstić information content (AvgIpc) is 3.54. The zero-order valence-corrected chi connectivity index (χ0v) is 22.3. The summed E-state index contributed by atoms with van der Waals surface area (Å²) >= 11 is 0. The topological polar surface area (TPSA) is 189 Å². The smallest absolute Gasteiger partial charge is 0.277 e. The number of carbonyl (C=O) groups excluding carboxylic acids is 1. The van der Waals surface area contributed by atoms with Gasteiger partial charge >= 0.3 is 0 Å². The normalized spacial score (nSPS) is 16.6. The fourth-order valence-corrected chi connectivity index (χ4v) is 5.34. The minimum Gasteiger partial charge on any atom is -0.339 e. The number of nitrogens with one attached hydrogen (secondary N) is 3. The molecule has 0 atom stereocenters. The number of tetrazole rings is 1. The molecule has 15 nitrogen and oxygen atoms in total. The van der Waals surface area contributed by atoms with Crippen LogP contribution in [0.25, 0.3) is 10.9 Å². The van der Waals surface area contributed by atoms with Crippen LogP contribution in [0.1, 0.15) is 36.6 Å². The summed E-state index contributed by atoms with van der Waals surface area (Å²) in [6.07, 6.45) is 3.37. The molecule has 4 aromatic rings.